The first kappa shape index (κ1) is 24.0. The van der Waals surface area contributed by atoms with Gasteiger partial charge in [0.1, 0.15) is 18.8 Å². The fourth-order valence-electron chi connectivity index (χ4n) is 3.48. The first-order valence-electron chi connectivity index (χ1n) is 10.7. The Balaban J connectivity index is 1.47. The molecular weight excluding hydrogens is 472 g/mol. The maximum atomic E-state index is 12.8. The van der Waals surface area contributed by atoms with Gasteiger partial charge in [0.2, 0.25) is 0 Å². The predicted octanol–water partition coefficient (Wildman–Crippen LogP) is 4.28. The van der Waals surface area contributed by atoms with Crippen molar-refractivity contribution in [2.45, 2.75) is 0 Å². The highest BCUT2D eigenvalue weighted by Crippen LogP contribution is 2.37. The van der Waals surface area contributed by atoms with E-state index in [2.05, 4.69) is 5.43 Å². The van der Waals surface area contributed by atoms with Crippen LogP contribution < -0.4 is 29.4 Å². The molecule has 1 aliphatic heterocycles. The second-order valence-corrected chi connectivity index (χ2v) is 7.76. The van der Waals surface area contributed by atoms with Crippen molar-refractivity contribution in [1.82, 2.24) is 5.43 Å². The van der Waals surface area contributed by atoms with Crippen molar-refractivity contribution in [2.75, 3.05) is 32.4 Å². The zero-order valence-electron chi connectivity index (χ0n) is 19.1. The van der Waals surface area contributed by atoms with Crippen LogP contribution in [0, 0.1) is 0 Å². The van der Waals surface area contributed by atoms with Gasteiger partial charge in [0.25, 0.3) is 11.8 Å². The molecule has 8 nitrogen and oxygen atoms in total. The summed E-state index contributed by atoms with van der Waals surface area (Å²) >= 11 is 6.45. The fraction of sp³-hybridized carbons (Fsp3) is 0.154. The van der Waals surface area contributed by atoms with Gasteiger partial charge in [-0.05, 0) is 48.0 Å². The third-order valence-electron chi connectivity index (χ3n) is 5.13. The van der Waals surface area contributed by atoms with E-state index in [9.17, 15) is 9.59 Å². The second kappa shape index (κ2) is 10.8. The molecule has 0 saturated carbocycles. The van der Waals surface area contributed by atoms with Gasteiger partial charge >= 0.3 is 0 Å². The molecule has 0 bridgehead atoms. The van der Waals surface area contributed by atoms with E-state index in [4.69, 9.17) is 30.5 Å². The molecule has 0 spiro atoms. The van der Waals surface area contributed by atoms with Gasteiger partial charge in [-0.1, -0.05) is 41.9 Å². The van der Waals surface area contributed by atoms with Crippen molar-refractivity contribution in [1.29, 1.82) is 0 Å². The largest absolute Gasteiger partial charge is 0.493 e. The maximum absolute atomic E-state index is 12.8. The number of hydrogen-bond acceptors (Lipinski definition) is 6. The highest BCUT2D eigenvalue weighted by Gasteiger charge is 2.34. The Kier molecular flexibility index (Phi) is 7.42. The molecule has 1 N–H and O–H groups in total. The van der Waals surface area contributed by atoms with Crippen LogP contribution in [0.2, 0.25) is 5.02 Å². The minimum absolute atomic E-state index is 0.0224. The van der Waals surface area contributed by atoms with E-state index in [-0.39, 0.29) is 23.8 Å². The van der Waals surface area contributed by atoms with Gasteiger partial charge in [-0.3, -0.25) is 15.0 Å². The van der Waals surface area contributed by atoms with Crippen LogP contribution in [0.5, 0.6) is 23.0 Å². The Hall–Kier alpha value is -4.17. The van der Waals surface area contributed by atoms with Gasteiger partial charge in [0.05, 0.1) is 24.9 Å². The van der Waals surface area contributed by atoms with E-state index in [1.807, 2.05) is 18.2 Å². The molecule has 35 heavy (non-hydrogen) atoms. The third-order valence-corrected chi connectivity index (χ3v) is 5.41. The normalized spacial score (nSPS) is 14.1. The summed E-state index contributed by atoms with van der Waals surface area (Å²) < 4.78 is 22.2. The molecule has 0 radical (unpaired) electrons. The average molecular weight is 495 g/mol. The lowest BCUT2D eigenvalue weighted by Crippen LogP contribution is -2.35. The Bertz CT molecular complexity index is 1260. The van der Waals surface area contributed by atoms with Crippen molar-refractivity contribution in [3.63, 3.8) is 0 Å². The topological polar surface area (TPSA) is 86.3 Å². The van der Waals surface area contributed by atoms with Crippen LogP contribution in [-0.4, -0.2) is 39.2 Å². The Morgan fingerprint density at radius 2 is 1.51 bits per heavy atom. The molecule has 0 unspecified atom stereocenters. The second-order valence-electron chi connectivity index (χ2n) is 7.36. The number of carbonyl (C=O) groups excluding carboxylic acids is 2. The smallest absolute Gasteiger partial charge is 0.282 e. The summed E-state index contributed by atoms with van der Waals surface area (Å²) in [4.78, 5) is 25.3. The summed E-state index contributed by atoms with van der Waals surface area (Å²) in [6.45, 7) is 0.442. The molecule has 0 atom stereocenters. The number of anilines is 1. The van der Waals surface area contributed by atoms with Crippen molar-refractivity contribution in [3.05, 3.63) is 82.9 Å². The number of halogens is 1. The standard InChI is InChI=1S/C26H23ClN2O6/c1-32-21-10-6-7-11-22(21)34-12-13-35-24-20(27)15-17(16-23(24)33-2)14-19-25(30)28-29(26(19)31)18-8-4-3-5-9-18/h3-11,14-16H,12-13H2,1-2H3,(H,28,30)/b19-14-. The van der Waals surface area contributed by atoms with Crippen LogP contribution in [0.25, 0.3) is 6.08 Å². The number of nitrogens with zero attached hydrogens (tertiary/aromatic N) is 1. The van der Waals surface area contributed by atoms with E-state index in [0.717, 1.165) is 0 Å². The Morgan fingerprint density at radius 1 is 0.857 bits per heavy atom. The molecule has 0 aromatic heterocycles. The number of rotatable bonds is 9. The molecule has 1 heterocycles. The number of benzene rings is 3. The molecule has 1 saturated heterocycles. The maximum Gasteiger partial charge on any atom is 0.282 e. The number of para-hydroxylation sites is 3. The van der Waals surface area contributed by atoms with Crippen LogP contribution >= 0.6 is 11.6 Å². The predicted molar refractivity (Wildman–Crippen MR) is 132 cm³/mol. The lowest BCUT2D eigenvalue weighted by molar-refractivity contribution is -0.117. The molecule has 2 amide bonds. The number of nitrogens with one attached hydrogen (secondary N) is 1. The van der Waals surface area contributed by atoms with E-state index in [1.54, 1.807) is 55.6 Å². The minimum atomic E-state index is -0.511. The average Bonchev–Trinajstić information content (AvgIpc) is 3.16. The highest BCUT2D eigenvalue weighted by atomic mass is 35.5. The van der Waals surface area contributed by atoms with Crippen molar-refractivity contribution in [3.8, 4) is 23.0 Å². The summed E-state index contributed by atoms with van der Waals surface area (Å²) in [5.74, 6) is 0.924. The van der Waals surface area contributed by atoms with E-state index >= 15 is 0 Å². The fourth-order valence-corrected chi connectivity index (χ4v) is 3.75. The molecule has 180 valence electrons. The number of ether oxygens (including phenoxy) is 4. The molecule has 9 heteroatoms. The third kappa shape index (κ3) is 5.33. The monoisotopic (exact) mass is 494 g/mol. The van der Waals surface area contributed by atoms with Crippen LogP contribution in [0.15, 0.2) is 72.3 Å². The summed E-state index contributed by atoms with van der Waals surface area (Å²) in [5.41, 5.74) is 3.61. The van der Waals surface area contributed by atoms with Gasteiger partial charge < -0.3 is 18.9 Å². The molecular formula is C26H23ClN2O6. The van der Waals surface area contributed by atoms with E-state index in [0.29, 0.717) is 34.2 Å². The summed E-state index contributed by atoms with van der Waals surface area (Å²) in [7, 11) is 3.05. The number of hydrazine groups is 1. The quantitative estimate of drug-likeness (QED) is 0.271. The van der Waals surface area contributed by atoms with Gasteiger partial charge in [0, 0.05) is 0 Å². The van der Waals surface area contributed by atoms with E-state index in [1.165, 1.54) is 18.2 Å². The molecule has 4 rings (SSSR count). The lowest BCUT2D eigenvalue weighted by atomic mass is 10.1. The number of hydrogen-bond donors (Lipinski definition) is 1. The summed E-state index contributed by atoms with van der Waals surface area (Å²) in [6.07, 6.45) is 1.46. The van der Waals surface area contributed by atoms with Crippen molar-refractivity contribution in [2.24, 2.45) is 0 Å². The molecule has 3 aromatic rings. The Labute approximate surface area is 207 Å². The number of carbonyl (C=O) groups is 2. The van der Waals surface area contributed by atoms with E-state index < -0.39 is 11.8 Å². The highest BCUT2D eigenvalue weighted by molar-refractivity contribution is 6.33. The zero-order valence-corrected chi connectivity index (χ0v) is 19.9. The van der Waals surface area contributed by atoms with Gasteiger partial charge in [-0.15, -0.1) is 0 Å². The van der Waals surface area contributed by atoms with Crippen LogP contribution in [0.4, 0.5) is 5.69 Å². The molecule has 1 fully saturated rings. The number of methoxy groups -OCH3 is 2. The van der Waals surface area contributed by atoms with Gasteiger partial charge in [-0.25, -0.2) is 5.01 Å². The Morgan fingerprint density at radius 3 is 2.23 bits per heavy atom. The van der Waals surface area contributed by atoms with Crippen LogP contribution in [-0.2, 0) is 9.59 Å². The molecule has 1 aliphatic rings. The molecule has 0 aliphatic carbocycles. The van der Waals surface area contributed by atoms with Crippen LogP contribution in [0.3, 0.4) is 0 Å². The summed E-state index contributed by atoms with van der Waals surface area (Å²) in [5, 5.41) is 1.46. The van der Waals surface area contributed by atoms with Crippen molar-refractivity contribution >= 4 is 35.2 Å². The lowest BCUT2D eigenvalue weighted by Gasteiger charge is -2.15. The zero-order chi connectivity index (χ0) is 24.8. The minimum Gasteiger partial charge on any atom is -0.493 e. The van der Waals surface area contributed by atoms with Gasteiger partial charge in [0.15, 0.2) is 23.0 Å². The first-order chi connectivity index (χ1) is 17.0. The first-order valence-corrected chi connectivity index (χ1v) is 11.1. The number of amides is 2. The van der Waals surface area contributed by atoms with Gasteiger partial charge in [-0.2, -0.15) is 0 Å². The SMILES string of the molecule is COc1ccccc1OCCOc1c(Cl)cc(/C=C2/C(=O)NN(c3ccccc3)C2=O)cc1OC. The van der Waals surface area contributed by atoms with Crippen molar-refractivity contribution < 1.29 is 28.5 Å². The summed E-state index contributed by atoms with van der Waals surface area (Å²) in [6, 6.07) is 19.4. The van der Waals surface area contributed by atoms with Crippen LogP contribution in [0.1, 0.15) is 5.56 Å². The molecule has 3 aromatic carbocycles.